The zero-order chi connectivity index (χ0) is 13.2. The molecule has 1 aromatic heterocycles. The third kappa shape index (κ3) is 2.60. The molecule has 4 atom stereocenters. The Hall–Kier alpha value is -1.50. The predicted octanol–water partition coefficient (Wildman–Crippen LogP) is 0.152. The largest absolute Gasteiger partial charge is 0.480 e. The summed E-state index contributed by atoms with van der Waals surface area (Å²) in [5.74, 6) is 0.680. The first-order valence-electron chi connectivity index (χ1n) is 6.91. The number of nitrogens with one attached hydrogen (secondary N) is 1. The van der Waals surface area contributed by atoms with Gasteiger partial charge in [0.25, 0.3) is 0 Å². The van der Waals surface area contributed by atoms with Crippen LogP contribution in [0.3, 0.4) is 0 Å². The molecular weight excluding hydrogens is 246 g/mol. The van der Waals surface area contributed by atoms with Gasteiger partial charge in [0.15, 0.2) is 0 Å². The Morgan fingerprint density at radius 3 is 3.05 bits per heavy atom. The van der Waals surface area contributed by atoms with Crippen molar-refractivity contribution in [3.8, 4) is 0 Å². The van der Waals surface area contributed by atoms with E-state index in [2.05, 4.69) is 20.8 Å². The lowest BCUT2D eigenvalue weighted by molar-refractivity contribution is -0.143. The second-order valence-electron chi connectivity index (χ2n) is 5.69. The van der Waals surface area contributed by atoms with Crippen LogP contribution in [-0.2, 0) is 11.3 Å². The van der Waals surface area contributed by atoms with Gasteiger partial charge in [0.05, 0.1) is 0 Å². The van der Waals surface area contributed by atoms with Gasteiger partial charge in [-0.05, 0) is 60.4 Å². The SMILES string of the molecule is O=C(O)[C@@H]1NCC[C@H]2CC(Cn3cnnn3)CC[C@H]21. The zero-order valence-corrected chi connectivity index (χ0v) is 10.8. The van der Waals surface area contributed by atoms with Crippen LogP contribution >= 0.6 is 0 Å². The lowest BCUT2D eigenvalue weighted by Gasteiger charge is -2.42. The molecule has 0 spiro atoms. The lowest BCUT2D eigenvalue weighted by Crippen LogP contribution is -2.52. The second kappa shape index (κ2) is 5.24. The van der Waals surface area contributed by atoms with E-state index in [-0.39, 0.29) is 12.0 Å². The van der Waals surface area contributed by atoms with Gasteiger partial charge in [-0.15, -0.1) is 5.10 Å². The Morgan fingerprint density at radius 2 is 2.32 bits per heavy atom. The molecule has 2 heterocycles. The Morgan fingerprint density at radius 1 is 1.42 bits per heavy atom. The highest BCUT2D eigenvalue weighted by atomic mass is 16.4. The first-order chi connectivity index (χ1) is 9.24. The fourth-order valence-electron chi connectivity index (χ4n) is 3.70. The van der Waals surface area contributed by atoms with Crippen molar-refractivity contribution in [1.29, 1.82) is 0 Å². The highest BCUT2D eigenvalue weighted by molar-refractivity contribution is 5.74. The molecule has 1 saturated carbocycles. The summed E-state index contributed by atoms with van der Waals surface area (Å²) in [5.41, 5.74) is 0. The van der Waals surface area contributed by atoms with Crippen LogP contribution in [0.1, 0.15) is 25.7 Å². The smallest absolute Gasteiger partial charge is 0.320 e. The fraction of sp³-hybridized carbons (Fsp3) is 0.833. The normalized spacial score (nSPS) is 34.7. The van der Waals surface area contributed by atoms with Crippen molar-refractivity contribution in [2.24, 2.45) is 17.8 Å². The molecule has 1 aliphatic heterocycles. The number of nitrogens with zero attached hydrogens (tertiary/aromatic N) is 4. The van der Waals surface area contributed by atoms with Gasteiger partial charge in [0, 0.05) is 6.54 Å². The summed E-state index contributed by atoms with van der Waals surface area (Å²) in [6.07, 6.45) is 5.87. The molecule has 0 radical (unpaired) electrons. The molecule has 0 aromatic carbocycles. The third-order valence-electron chi connectivity index (χ3n) is 4.56. The third-order valence-corrected chi connectivity index (χ3v) is 4.56. The summed E-state index contributed by atoms with van der Waals surface area (Å²) >= 11 is 0. The molecule has 104 valence electrons. The molecule has 2 aliphatic rings. The van der Waals surface area contributed by atoms with Crippen LogP contribution < -0.4 is 5.32 Å². The molecule has 0 bridgehead atoms. The van der Waals surface area contributed by atoms with Gasteiger partial charge in [-0.2, -0.15) is 0 Å². The molecule has 0 amide bonds. The van der Waals surface area contributed by atoms with Crippen molar-refractivity contribution in [2.45, 2.75) is 38.3 Å². The molecule has 3 rings (SSSR count). The molecule has 7 heteroatoms. The number of hydrogen-bond acceptors (Lipinski definition) is 5. The monoisotopic (exact) mass is 265 g/mol. The van der Waals surface area contributed by atoms with Gasteiger partial charge in [-0.1, -0.05) is 0 Å². The molecule has 2 fully saturated rings. The standard InChI is InChI=1S/C12H19N5O2/c18-12(19)11-10-2-1-8(5-9(10)3-4-13-11)6-17-7-14-15-16-17/h7-11,13H,1-6H2,(H,18,19)/t8?,9-,10+,11+/m0/s1. The van der Waals surface area contributed by atoms with Crippen molar-refractivity contribution in [2.75, 3.05) is 6.54 Å². The summed E-state index contributed by atoms with van der Waals surface area (Å²) in [4.78, 5) is 11.3. The van der Waals surface area contributed by atoms with Gasteiger partial charge >= 0.3 is 5.97 Å². The lowest BCUT2D eigenvalue weighted by atomic mass is 9.68. The van der Waals surface area contributed by atoms with Gasteiger partial charge < -0.3 is 10.4 Å². The van der Waals surface area contributed by atoms with Crippen LogP contribution in [0.4, 0.5) is 0 Å². The summed E-state index contributed by atoms with van der Waals surface area (Å²) in [7, 11) is 0. The maximum Gasteiger partial charge on any atom is 0.320 e. The maximum atomic E-state index is 11.3. The fourth-order valence-corrected chi connectivity index (χ4v) is 3.70. The number of aliphatic carboxylic acids is 1. The number of piperidine rings is 1. The quantitative estimate of drug-likeness (QED) is 0.808. The molecule has 1 saturated heterocycles. The Balaban J connectivity index is 1.62. The second-order valence-corrected chi connectivity index (χ2v) is 5.69. The number of tetrazole rings is 1. The van der Waals surface area contributed by atoms with Gasteiger partial charge in [0.2, 0.25) is 0 Å². The first-order valence-corrected chi connectivity index (χ1v) is 6.91. The highest BCUT2D eigenvalue weighted by Crippen LogP contribution is 2.40. The van der Waals surface area contributed by atoms with Crippen molar-refractivity contribution in [3.05, 3.63) is 6.33 Å². The van der Waals surface area contributed by atoms with Crippen molar-refractivity contribution < 1.29 is 9.90 Å². The minimum Gasteiger partial charge on any atom is -0.480 e. The van der Waals surface area contributed by atoms with E-state index in [0.717, 1.165) is 38.8 Å². The van der Waals surface area contributed by atoms with Gasteiger partial charge in [0.1, 0.15) is 12.4 Å². The number of hydrogen-bond donors (Lipinski definition) is 2. The minimum absolute atomic E-state index is 0.288. The van der Waals surface area contributed by atoms with Crippen LogP contribution in [0.15, 0.2) is 6.33 Å². The highest BCUT2D eigenvalue weighted by Gasteiger charge is 2.40. The van der Waals surface area contributed by atoms with Crippen LogP contribution in [0, 0.1) is 17.8 Å². The molecule has 19 heavy (non-hydrogen) atoms. The van der Waals surface area contributed by atoms with E-state index in [9.17, 15) is 9.90 Å². The van der Waals surface area contributed by atoms with E-state index in [4.69, 9.17) is 0 Å². The minimum atomic E-state index is -0.700. The van der Waals surface area contributed by atoms with Crippen molar-refractivity contribution in [3.63, 3.8) is 0 Å². The van der Waals surface area contributed by atoms with Crippen LogP contribution in [0.25, 0.3) is 0 Å². The first kappa shape index (κ1) is 12.5. The molecule has 1 aliphatic carbocycles. The maximum absolute atomic E-state index is 11.3. The Bertz CT molecular complexity index is 435. The summed E-state index contributed by atoms with van der Waals surface area (Å²) in [5, 5.41) is 23.6. The van der Waals surface area contributed by atoms with Gasteiger partial charge in [-0.3, -0.25) is 4.79 Å². The van der Waals surface area contributed by atoms with E-state index in [1.807, 2.05) is 0 Å². The summed E-state index contributed by atoms with van der Waals surface area (Å²) in [6, 6.07) is -0.354. The number of carbonyl (C=O) groups is 1. The predicted molar refractivity (Wildman–Crippen MR) is 66.2 cm³/mol. The summed E-state index contributed by atoms with van der Waals surface area (Å²) < 4.78 is 1.78. The molecule has 1 aromatic rings. The van der Waals surface area contributed by atoms with Crippen LogP contribution in [0.2, 0.25) is 0 Å². The van der Waals surface area contributed by atoms with Crippen molar-refractivity contribution in [1.82, 2.24) is 25.5 Å². The van der Waals surface area contributed by atoms with E-state index < -0.39 is 5.97 Å². The van der Waals surface area contributed by atoms with E-state index in [0.29, 0.717) is 11.8 Å². The zero-order valence-electron chi connectivity index (χ0n) is 10.8. The molecule has 2 N–H and O–H groups in total. The van der Waals surface area contributed by atoms with Gasteiger partial charge in [-0.25, -0.2) is 4.68 Å². The average Bonchev–Trinajstić information content (AvgIpc) is 2.90. The summed E-state index contributed by atoms with van der Waals surface area (Å²) in [6.45, 7) is 1.66. The van der Waals surface area contributed by atoms with E-state index >= 15 is 0 Å². The Kier molecular flexibility index (Phi) is 3.46. The van der Waals surface area contributed by atoms with Crippen LogP contribution in [-0.4, -0.2) is 43.9 Å². The number of carboxylic acid groups (broad SMARTS) is 1. The molecular formula is C12H19N5O2. The number of rotatable bonds is 3. The van der Waals surface area contributed by atoms with Crippen molar-refractivity contribution >= 4 is 5.97 Å². The number of fused-ring (bicyclic) bond motifs is 1. The molecule has 7 nitrogen and oxygen atoms in total. The topological polar surface area (TPSA) is 92.9 Å². The average molecular weight is 265 g/mol. The number of carboxylic acids is 1. The Labute approximate surface area is 111 Å². The number of aromatic nitrogens is 4. The van der Waals surface area contributed by atoms with E-state index in [1.165, 1.54) is 0 Å². The van der Waals surface area contributed by atoms with Crippen LogP contribution in [0.5, 0.6) is 0 Å². The molecule has 1 unspecified atom stereocenters. The van der Waals surface area contributed by atoms with E-state index in [1.54, 1.807) is 11.0 Å².